The highest BCUT2D eigenvalue weighted by molar-refractivity contribution is 7.18. The van der Waals surface area contributed by atoms with Crippen LogP contribution >= 0.6 is 11.3 Å². The second kappa shape index (κ2) is 4.31. The van der Waals surface area contributed by atoms with Crippen molar-refractivity contribution in [2.24, 2.45) is 0 Å². The Kier molecular flexibility index (Phi) is 3.06. The summed E-state index contributed by atoms with van der Waals surface area (Å²) in [6, 6.07) is 6.57. The van der Waals surface area contributed by atoms with Crippen LogP contribution in [0.3, 0.4) is 0 Å². The molecule has 0 radical (unpaired) electrons. The van der Waals surface area contributed by atoms with Gasteiger partial charge in [-0.2, -0.15) is 0 Å². The van der Waals surface area contributed by atoms with Gasteiger partial charge in [0.05, 0.1) is 15.2 Å². The van der Waals surface area contributed by atoms with Gasteiger partial charge in [-0.25, -0.2) is 4.98 Å². The Morgan fingerprint density at radius 1 is 1.27 bits per heavy atom. The molecule has 1 saturated carbocycles. The third-order valence-corrected chi connectivity index (χ3v) is 3.51. The van der Waals surface area contributed by atoms with Crippen molar-refractivity contribution in [3.05, 3.63) is 28.8 Å². The molecule has 0 amide bonds. The van der Waals surface area contributed by atoms with Gasteiger partial charge in [0.25, 0.3) is 0 Å². The maximum absolute atomic E-state index is 4.59. The molecule has 1 heterocycles. The van der Waals surface area contributed by atoms with Gasteiger partial charge in [0.15, 0.2) is 0 Å². The van der Waals surface area contributed by atoms with Gasteiger partial charge in [0.2, 0.25) is 0 Å². The first-order valence-electron chi connectivity index (χ1n) is 5.70. The number of fused-ring (bicyclic) bond motifs is 1. The van der Waals surface area contributed by atoms with Crippen molar-refractivity contribution in [2.45, 2.75) is 39.5 Å². The fourth-order valence-corrected chi connectivity index (χ4v) is 2.67. The number of rotatable bonds is 1. The fourth-order valence-electron chi connectivity index (χ4n) is 1.80. The molecule has 0 unspecified atom stereocenters. The fraction of sp³-hybridized carbons (Fsp3) is 0.462. The van der Waals surface area contributed by atoms with Crippen molar-refractivity contribution in [3.8, 4) is 0 Å². The zero-order valence-electron chi connectivity index (χ0n) is 9.58. The Morgan fingerprint density at radius 2 is 2.00 bits per heavy atom. The van der Waals surface area contributed by atoms with Gasteiger partial charge >= 0.3 is 0 Å². The number of benzene rings is 1. The lowest BCUT2D eigenvalue weighted by atomic mass is 10.1. The second-order valence-electron chi connectivity index (χ2n) is 3.70. The molecule has 15 heavy (non-hydrogen) atoms. The van der Waals surface area contributed by atoms with E-state index in [2.05, 4.69) is 30.1 Å². The Bertz CT molecular complexity index is 455. The van der Waals surface area contributed by atoms with Crippen LogP contribution in [0, 0.1) is 6.92 Å². The molecule has 0 bridgehead atoms. The van der Waals surface area contributed by atoms with E-state index in [-0.39, 0.29) is 0 Å². The third kappa shape index (κ3) is 2.05. The molecule has 0 atom stereocenters. The number of aryl methyl sites for hydroxylation is 1. The van der Waals surface area contributed by atoms with E-state index >= 15 is 0 Å². The highest BCUT2D eigenvalue weighted by Crippen LogP contribution is 2.43. The number of thiazole rings is 1. The van der Waals surface area contributed by atoms with Crippen LogP contribution < -0.4 is 0 Å². The van der Waals surface area contributed by atoms with Gasteiger partial charge in [-0.3, -0.25) is 0 Å². The molecule has 0 aliphatic heterocycles. The summed E-state index contributed by atoms with van der Waals surface area (Å²) in [4.78, 5) is 4.59. The van der Waals surface area contributed by atoms with Crippen molar-refractivity contribution < 1.29 is 0 Å². The summed E-state index contributed by atoms with van der Waals surface area (Å²) in [5.74, 6) is 0.810. The molecule has 1 aliphatic rings. The van der Waals surface area contributed by atoms with E-state index in [0.717, 1.165) is 5.92 Å². The van der Waals surface area contributed by atoms with Crippen molar-refractivity contribution >= 4 is 21.6 Å². The SMILES string of the molecule is CC.Cc1nc2c(C3CC3)cccc2s1. The molecule has 0 spiro atoms. The summed E-state index contributed by atoms with van der Waals surface area (Å²) in [6.07, 6.45) is 2.71. The molecular formula is C13H17NS. The Morgan fingerprint density at radius 3 is 2.67 bits per heavy atom. The van der Waals surface area contributed by atoms with E-state index in [1.54, 1.807) is 11.3 Å². The molecule has 2 aromatic rings. The molecule has 1 nitrogen and oxygen atoms in total. The molecule has 80 valence electrons. The number of hydrogen-bond acceptors (Lipinski definition) is 2. The average molecular weight is 219 g/mol. The first-order chi connectivity index (χ1) is 7.34. The molecule has 2 heteroatoms. The monoisotopic (exact) mass is 219 g/mol. The summed E-state index contributed by atoms with van der Waals surface area (Å²) in [5.41, 5.74) is 2.73. The largest absolute Gasteiger partial charge is 0.241 e. The first-order valence-corrected chi connectivity index (χ1v) is 6.52. The highest BCUT2D eigenvalue weighted by Gasteiger charge is 2.26. The molecule has 1 fully saturated rings. The van der Waals surface area contributed by atoms with Crippen molar-refractivity contribution in [1.82, 2.24) is 4.98 Å². The molecule has 1 aromatic heterocycles. The lowest BCUT2D eigenvalue weighted by Gasteiger charge is -1.97. The van der Waals surface area contributed by atoms with Crippen LogP contribution in [0.15, 0.2) is 18.2 Å². The van der Waals surface area contributed by atoms with E-state index in [1.807, 2.05) is 13.8 Å². The average Bonchev–Trinajstić information content (AvgIpc) is 3.02. The molecule has 0 N–H and O–H groups in total. The maximum atomic E-state index is 4.59. The Balaban J connectivity index is 0.000000404. The minimum absolute atomic E-state index is 0.810. The maximum Gasteiger partial charge on any atom is 0.0907 e. The second-order valence-corrected chi connectivity index (χ2v) is 4.94. The molecular weight excluding hydrogens is 202 g/mol. The van der Waals surface area contributed by atoms with Crippen LogP contribution in [0.25, 0.3) is 10.2 Å². The smallest absolute Gasteiger partial charge is 0.0907 e. The predicted octanol–water partition coefficient (Wildman–Crippen LogP) is 4.51. The zero-order valence-corrected chi connectivity index (χ0v) is 10.4. The van der Waals surface area contributed by atoms with Crippen molar-refractivity contribution in [1.29, 1.82) is 0 Å². The van der Waals surface area contributed by atoms with Crippen molar-refractivity contribution in [2.75, 3.05) is 0 Å². The van der Waals surface area contributed by atoms with Crippen LogP contribution in [0.2, 0.25) is 0 Å². The summed E-state index contributed by atoms with van der Waals surface area (Å²) < 4.78 is 1.35. The lowest BCUT2D eigenvalue weighted by molar-refractivity contribution is 1.14. The zero-order chi connectivity index (χ0) is 10.8. The van der Waals surface area contributed by atoms with Crippen LogP contribution in [0.1, 0.15) is 43.2 Å². The number of nitrogens with zero attached hydrogens (tertiary/aromatic N) is 1. The quantitative estimate of drug-likeness (QED) is 0.687. The van der Waals surface area contributed by atoms with Crippen molar-refractivity contribution in [3.63, 3.8) is 0 Å². The van der Waals surface area contributed by atoms with E-state index in [0.29, 0.717) is 0 Å². The highest BCUT2D eigenvalue weighted by atomic mass is 32.1. The number of para-hydroxylation sites is 1. The lowest BCUT2D eigenvalue weighted by Crippen LogP contribution is -1.81. The third-order valence-electron chi connectivity index (χ3n) is 2.57. The van der Waals surface area contributed by atoms with E-state index < -0.39 is 0 Å². The van der Waals surface area contributed by atoms with Crippen LogP contribution in [0.5, 0.6) is 0 Å². The first kappa shape index (κ1) is 10.6. The normalized spacial score (nSPS) is 14.9. The van der Waals surface area contributed by atoms with E-state index in [9.17, 15) is 0 Å². The van der Waals surface area contributed by atoms with Crippen LogP contribution in [0.4, 0.5) is 0 Å². The molecule has 3 rings (SSSR count). The van der Waals surface area contributed by atoms with Crippen LogP contribution in [-0.4, -0.2) is 4.98 Å². The summed E-state index contributed by atoms with van der Waals surface area (Å²) in [5, 5.41) is 1.18. The molecule has 1 aliphatic carbocycles. The van der Waals surface area contributed by atoms with Crippen LogP contribution in [-0.2, 0) is 0 Å². The van der Waals surface area contributed by atoms with Gasteiger partial charge < -0.3 is 0 Å². The number of hydrogen-bond donors (Lipinski definition) is 0. The topological polar surface area (TPSA) is 12.9 Å². The van der Waals surface area contributed by atoms with Gasteiger partial charge in [-0.05, 0) is 37.3 Å². The van der Waals surface area contributed by atoms with E-state index in [1.165, 1.54) is 33.6 Å². The molecule has 0 saturated heterocycles. The van der Waals surface area contributed by atoms with Gasteiger partial charge in [-0.1, -0.05) is 26.0 Å². The standard InChI is InChI=1S/C11H11NS.C2H6/c1-7-12-11-9(8-5-6-8)3-2-4-10(11)13-7;1-2/h2-4,8H,5-6H2,1H3;1-2H3. The minimum atomic E-state index is 0.810. The van der Waals surface area contributed by atoms with E-state index in [4.69, 9.17) is 0 Å². The Labute approximate surface area is 95.2 Å². The summed E-state index contributed by atoms with van der Waals surface area (Å²) in [7, 11) is 0. The van der Waals surface area contributed by atoms with Gasteiger partial charge in [0, 0.05) is 0 Å². The minimum Gasteiger partial charge on any atom is -0.241 e. The summed E-state index contributed by atoms with van der Waals surface area (Å²) in [6.45, 7) is 6.08. The predicted molar refractivity (Wildman–Crippen MR) is 67.7 cm³/mol. The summed E-state index contributed by atoms with van der Waals surface area (Å²) >= 11 is 1.80. The van der Waals surface area contributed by atoms with Gasteiger partial charge in [-0.15, -0.1) is 11.3 Å². The number of aromatic nitrogens is 1. The van der Waals surface area contributed by atoms with Gasteiger partial charge in [0.1, 0.15) is 0 Å². The Hall–Kier alpha value is -0.890. The molecule has 1 aromatic carbocycles.